The summed E-state index contributed by atoms with van der Waals surface area (Å²) in [6.45, 7) is 5.84. The normalized spacial score (nSPS) is 16.0. The lowest BCUT2D eigenvalue weighted by molar-refractivity contribution is -0.117. The van der Waals surface area contributed by atoms with Gasteiger partial charge in [0.05, 0.1) is 22.1 Å². The maximum Gasteiger partial charge on any atom is 0.335 e. The van der Waals surface area contributed by atoms with Gasteiger partial charge in [-0.25, -0.2) is 4.79 Å². The first kappa shape index (κ1) is 21.5. The van der Waals surface area contributed by atoms with Gasteiger partial charge in [0.25, 0.3) is 5.91 Å². The molecule has 0 saturated carbocycles. The molecule has 0 bridgehead atoms. The smallest absolute Gasteiger partial charge is 0.335 e. The van der Waals surface area contributed by atoms with Crippen LogP contribution in [0.15, 0.2) is 65.2 Å². The molecule has 2 aromatic carbocycles. The minimum Gasteiger partial charge on any atom is -0.503 e. The third kappa shape index (κ3) is 3.50. The highest BCUT2D eigenvalue weighted by atomic mass is 32.1. The molecule has 0 unspecified atom stereocenters. The first-order valence-electron chi connectivity index (χ1n) is 9.96. The number of aryl methyl sites for hydroxylation is 3. The van der Waals surface area contributed by atoms with Gasteiger partial charge in [-0.2, -0.15) is 0 Å². The molecule has 7 heteroatoms. The van der Waals surface area contributed by atoms with Gasteiger partial charge in [-0.1, -0.05) is 18.2 Å². The Hall–Kier alpha value is -3.71. The number of ketones is 1. The number of aliphatic hydroxyl groups excluding tert-OH is 1. The lowest BCUT2D eigenvalue weighted by Crippen LogP contribution is -2.31. The molecule has 0 saturated heterocycles. The van der Waals surface area contributed by atoms with Crippen molar-refractivity contribution >= 4 is 34.7 Å². The molecule has 0 spiro atoms. The van der Waals surface area contributed by atoms with Crippen molar-refractivity contribution in [2.24, 2.45) is 0 Å². The van der Waals surface area contributed by atoms with Gasteiger partial charge in [-0.05, 0) is 78.7 Å². The van der Waals surface area contributed by atoms with Crippen LogP contribution in [0, 0.1) is 20.8 Å². The molecule has 2 heterocycles. The maximum absolute atomic E-state index is 13.4. The van der Waals surface area contributed by atoms with Crippen LogP contribution in [-0.2, 0) is 4.79 Å². The average Bonchev–Trinajstić information content (AvgIpc) is 3.38. The molecule has 1 aliphatic heterocycles. The fourth-order valence-electron chi connectivity index (χ4n) is 3.98. The zero-order chi connectivity index (χ0) is 23.2. The van der Waals surface area contributed by atoms with Crippen LogP contribution in [0.1, 0.15) is 48.3 Å². The second kappa shape index (κ2) is 8.09. The van der Waals surface area contributed by atoms with Crippen LogP contribution in [0.3, 0.4) is 0 Å². The Kier molecular flexibility index (Phi) is 5.44. The monoisotopic (exact) mass is 447 g/mol. The number of thiophene rings is 1. The molecule has 0 radical (unpaired) electrons. The Bertz CT molecular complexity index is 1270. The van der Waals surface area contributed by atoms with E-state index >= 15 is 0 Å². The Morgan fingerprint density at radius 2 is 1.62 bits per heavy atom. The predicted molar refractivity (Wildman–Crippen MR) is 123 cm³/mol. The van der Waals surface area contributed by atoms with Crippen molar-refractivity contribution in [3.63, 3.8) is 0 Å². The molecule has 162 valence electrons. The highest BCUT2D eigenvalue weighted by molar-refractivity contribution is 7.12. The van der Waals surface area contributed by atoms with Gasteiger partial charge >= 0.3 is 5.97 Å². The molecule has 3 aromatic rings. The summed E-state index contributed by atoms with van der Waals surface area (Å²) in [5.74, 6) is -2.78. The number of carboxylic acids is 1. The number of carbonyl (C=O) groups is 3. The van der Waals surface area contributed by atoms with Crippen molar-refractivity contribution in [2.75, 3.05) is 4.90 Å². The van der Waals surface area contributed by atoms with Gasteiger partial charge in [0.15, 0.2) is 5.76 Å². The number of aromatic carboxylic acids is 1. The summed E-state index contributed by atoms with van der Waals surface area (Å²) >= 11 is 1.24. The third-order valence-electron chi connectivity index (χ3n) is 5.77. The highest BCUT2D eigenvalue weighted by Crippen LogP contribution is 2.43. The van der Waals surface area contributed by atoms with E-state index < -0.39 is 29.5 Å². The zero-order valence-corrected chi connectivity index (χ0v) is 18.6. The summed E-state index contributed by atoms with van der Waals surface area (Å²) in [7, 11) is 0. The number of hydrogen-bond acceptors (Lipinski definition) is 5. The fraction of sp³-hybridized carbons (Fsp3) is 0.160. The number of hydrogen-bond donors (Lipinski definition) is 2. The second-order valence-corrected chi connectivity index (χ2v) is 8.74. The van der Waals surface area contributed by atoms with Crippen molar-refractivity contribution in [1.82, 2.24) is 0 Å². The summed E-state index contributed by atoms with van der Waals surface area (Å²) in [5.41, 5.74) is 4.17. The van der Waals surface area contributed by atoms with Crippen molar-refractivity contribution < 1.29 is 24.6 Å². The van der Waals surface area contributed by atoms with E-state index in [1.807, 2.05) is 32.9 Å². The first-order valence-corrected chi connectivity index (χ1v) is 10.8. The minimum atomic E-state index is -1.08. The van der Waals surface area contributed by atoms with Gasteiger partial charge in [0.2, 0.25) is 5.78 Å². The quantitative estimate of drug-likeness (QED) is 0.527. The molecule has 1 amide bonds. The Labute approximate surface area is 189 Å². The van der Waals surface area contributed by atoms with E-state index in [0.717, 1.165) is 22.3 Å². The van der Waals surface area contributed by atoms with Crippen LogP contribution in [0.4, 0.5) is 5.69 Å². The Morgan fingerprint density at radius 1 is 0.969 bits per heavy atom. The Balaban J connectivity index is 1.92. The molecule has 1 aliphatic rings. The predicted octanol–water partition coefficient (Wildman–Crippen LogP) is 5.15. The number of carboxylic acid groups (broad SMARTS) is 1. The van der Waals surface area contributed by atoms with Crippen LogP contribution in [0.25, 0.3) is 0 Å². The molecule has 0 fully saturated rings. The van der Waals surface area contributed by atoms with Crippen molar-refractivity contribution in [3.05, 3.63) is 97.9 Å². The fourth-order valence-corrected chi connectivity index (χ4v) is 4.66. The van der Waals surface area contributed by atoms with E-state index in [-0.39, 0.29) is 11.1 Å². The average molecular weight is 448 g/mol. The molecular formula is C25H21NO5S. The number of carbonyl (C=O) groups excluding carboxylic acids is 2. The molecule has 1 atom stereocenters. The maximum atomic E-state index is 13.4. The van der Waals surface area contributed by atoms with Crippen molar-refractivity contribution in [3.8, 4) is 0 Å². The highest BCUT2D eigenvalue weighted by Gasteiger charge is 2.45. The number of benzene rings is 2. The van der Waals surface area contributed by atoms with Gasteiger partial charge in [-0.3, -0.25) is 14.5 Å². The summed E-state index contributed by atoms with van der Waals surface area (Å²) in [5, 5.41) is 21.8. The van der Waals surface area contributed by atoms with E-state index in [1.54, 1.807) is 17.5 Å². The second-order valence-electron chi connectivity index (χ2n) is 7.79. The SMILES string of the molecule is Cc1cc(C)c([C@H]2C(C(=O)c3cccs3)=C(O)C(=O)N2c2ccc(C(=O)O)cc2)cc1C. The van der Waals surface area contributed by atoms with E-state index in [1.165, 1.54) is 40.5 Å². The van der Waals surface area contributed by atoms with Crippen LogP contribution < -0.4 is 4.90 Å². The molecule has 6 nitrogen and oxygen atoms in total. The first-order chi connectivity index (χ1) is 15.2. The van der Waals surface area contributed by atoms with Crippen molar-refractivity contribution in [2.45, 2.75) is 26.8 Å². The van der Waals surface area contributed by atoms with Crippen LogP contribution in [0.5, 0.6) is 0 Å². The van der Waals surface area contributed by atoms with E-state index in [0.29, 0.717) is 10.6 Å². The molecular weight excluding hydrogens is 426 g/mol. The third-order valence-corrected chi connectivity index (χ3v) is 6.64. The lowest BCUT2D eigenvalue weighted by atomic mass is 9.89. The van der Waals surface area contributed by atoms with E-state index in [9.17, 15) is 24.6 Å². The topological polar surface area (TPSA) is 94.9 Å². The summed E-state index contributed by atoms with van der Waals surface area (Å²) in [6, 6.07) is 12.3. The van der Waals surface area contributed by atoms with Crippen molar-refractivity contribution in [1.29, 1.82) is 0 Å². The summed E-state index contributed by atoms with van der Waals surface area (Å²) < 4.78 is 0. The molecule has 1 aromatic heterocycles. The lowest BCUT2D eigenvalue weighted by Gasteiger charge is -2.28. The Morgan fingerprint density at radius 3 is 2.22 bits per heavy atom. The van der Waals surface area contributed by atoms with Crippen LogP contribution >= 0.6 is 11.3 Å². The number of anilines is 1. The number of Topliss-reactive ketones (excluding diaryl/α,β-unsaturated/α-hetero) is 1. The van der Waals surface area contributed by atoms with Gasteiger partial charge < -0.3 is 10.2 Å². The summed E-state index contributed by atoms with van der Waals surface area (Å²) in [4.78, 5) is 39.6. The molecule has 32 heavy (non-hydrogen) atoms. The van der Waals surface area contributed by atoms with Crippen LogP contribution in [-0.4, -0.2) is 27.9 Å². The molecule has 0 aliphatic carbocycles. The van der Waals surface area contributed by atoms with Crippen LogP contribution in [0.2, 0.25) is 0 Å². The molecule has 2 N–H and O–H groups in total. The van der Waals surface area contributed by atoms with E-state index in [2.05, 4.69) is 0 Å². The number of nitrogens with zero attached hydrogens (tertiary/aromatic N) is 1. The number of aliphatic hydroxyl groups is 1. The zero-order valence-electron chi connectivity index (χ0n) is 17.7. The van der Waals surface area contributed by atoms with Gasteiger partial charge in [-0.15, -0.1) is 11.3 Å². The number of amides is 1. The van der Waals surface area contributed by atoms with Gasteiger partial charge in [0.1, 0.15) is 0 Å². The standard InChI is InChI=1S/C25H21NO5S/c1-13-11-15(3)18(12-14(13)2)21-20(22(27)19-5-4-10-32-19)23(28)24(29)26(21)17-8-6-16(7-9-17)25(30)31/h4-12,21,28H,1-3H3,(H,30,31)/t21-/m0/s1. The largest absolute Gasteiger partial charge is 0.503 e. The van der Waals surface area contributed by atoms with Gasteiger partial charge in [0, 0.05) is 5.69 Å². The molecule has 4 rings (SSSR count). The minimum absolute atomic E-state index is 0.0196. The number of rotatable bonds is 5. The van der Waals surface area contributed by atoms with E-state index in [4.69, 9.17) is 0 Å². The summed E-state index contributed by atoms with van der Waals surface area (Å²) in [6.07, 6.45) is 0.